The van der Waals surface area contributed by atoms with Gasteiger partial charge in [-0.15, -0.1) is 0 Å². The number of methoxy groups -OCH3 is 1. The Balaban J connectivity index is 2.91. The summed E-state index contributed by atoms with van der Waals surface area (Å²) in [5, 5.41) is 14.1. The van der Waals surface area contributed by atoms with Crippen molar-refractivity contribution in [2.45, 2.75) is 13.3 Å². The summed E-state index contributed by atoms with van der Waals surface area (Å²) in [5.74, 6) is 2.79. The number of nitrogens with one attached hydrogen (secondary N) is 3. The van der Waals surface area contributed by atoms with Crippen LogP contribution >= 0.6 is 11.6 Å². The van der Waals surface area contributed by atoms with Crippen LogP contribution in [0.1, 0.15) is 6.92 Å². The molecule has 0 aromatic heterocycles. The zero-order chi connectivity index (χ0) is 20.4. The molecule has 1 aromatic carbocycles. The van der Waals surface area contributed by atoms with E-state index in [1.807, 2.05) is 0 Å². The molecule has 27 heavy (non-hydrogen) atoms. The minimum Gasteiger partial charge on any atom is -0.450 e. The number of anilines is 1. The van der Waals surface area contributed by atoms with Crippen molar-refractivity contribution in [3.05, 3.63) is 23.0 Å². The average molecular weight is 403 g/mol. The summed E-state index contributed by atoms with van der Waals surface area (Å²) in [5.41, 5.74) is 3.70. The Labute approximate surface area is 158 Å². The van der Waals surface area contributed by atoms with Crippen molar-refractivity contribution < 1.29 is 28.2 Å². The molecule has 0 fully saturated rings. The summed E-state index contributed by atoms with van der Waals surface area (Å²) < 4.78 is 28.5. The smallest absolute Gasteiger partial charge is 0.414 e. The lowest BCUT2D eigenvalue weighted by Gasteiger charge is -2.17. The molecule has 0 bridgehead atoms. The molecule has 1 atom stereocenters. The van der Waals surface area contributed by atoms with Crippen LogP contribution in [0.25, 0.3) is 0 Å². The van der Waals surface area contributed by atoms with E-state index in [0.29, 0.717) is 0 Å². The number of ether oxygens (including phenoxy) is 3. The molecule has 5 N–H and O–H groups in total. The number of halogens is 2. The molecular formula is C14H16ClFN6O5. The summed E-state index contributed by atoms with van der Waals surface area (Å²) in [6.45, 7) is 1.57. The number of alkyl carbamates (subject to hydrolysis) is 1. The first-order valence-electron chi connectivity index (χ1n) is 7.22. The van der Waals surface area contributed by atoms with E-state index in [9.17, 15) is 14.0 Å². The molecule has 2 amide bonds. The molecule has 0 aliphatic carbocycles. The fourth-order valence-electron chi connectivity index (χ4n) is 1.56. The minimum atomic E-state index is -1.15. The fourth-order valence-corrected chi connectivity index (χ4v) is 1.81. The number of amides is 2. The molecule has 0 radical (unpaired) electrons. The highest BCUT2D eigenvalue weighted by Crippen LogP contribution is 2.32. The van der Waals surface area contributed by atoms with Gasteiger partial charge >= 0.3 is 6.09 Å². The third-order valence-corrected chi connectivity index (χ3v) is 2.96. The Morgan fingerprint density at radius 1 is 1.48 bits per heavy atom. The van der Waals surface area contributed by atoms with Crippen molar-refractivity contribution in [2.24, 2.45) is 10.9 Å². The largest absolute Gasteiger partial charge is 0.450 e. The van der Waals surface area contributed by atoms with Crippen molar-refractivity contribution >= 4 is 35.0 Å². The Morgan fingerprint density at radius 3 is 2.70 bits per heavy atom. The molecule has 11 nitrogen and oxygen atoms in total. The number of benzene rings is 1. The molecule has 1 aromatic rings. The Morgan fingerprint density at radius 2 is 2.19 bits per heavy atom. The molecule has 0 heterocycles. The van der Waals surface area contributed by atoms with Crippen molar-refractivity contribution in [3.8, 4) is 11.8 Å². The van der Waals surface area contributed by atoms with Crippen molar-refractivity contribution in [2.75, 3.05) is 19.1 Å². The van der Waals surface area contributed by atoms with Crippen LogP contribution in [0.5, 0.6) is 5.75 Å². The molecule has 1 rings (SSSR count). The van der Waals surface area contributed by atoms with Gasteiger partial charge in [-0.3, -0.25) is 21.4 Å². The quantitative estimate of drug-likeness (QED) is 0.213. The van der Waals surface area contributed by atoms with Crippen LogP contribution < -0.4 is 26.7 Å². The van der Waals surface area contributed by atoms with E-state index in [-0.39, 0.29) is 23.1 Å². The summed E-state index contributed by atoms with van der Waals surface area (Å²) in [6, 6.07) is 3.63. The van der Waals surface area contributed by atoms with Gasteiger partial charge in [0.2, 0.25) is 5.71 Å². The zero-order valence-electron chi connectivity index (χ0n) is 14.2. The van der Waals surface area contributed by atoms with E-state index in [4.69, 9.17) is 32.2 Å². The number of imide groups is 1. The van der Waals surface area contributed by atoms with Crippen LogP contribution in [0.3, 0.4) is 0 Å². The maximum Gasteiger partial charge on any atom is 0.414 e. The standard InChI is InChI=1S/C14H16ClFN6O5/c1-3-26-13(24)19-12(23)10(6-17)22-21-7-4-8(15)11(9(16)5-7)27-14(20-18)25-2/h4-5,14,20-21H,3,18H2,1-2H3,(H,19,23,24)/b22-10-. The fraction of sp³-hybridized carbons (Fsp3) is 0.286. The van der Waals surface area contributed by atoms with E-state index in [1.54, 1.807) is 5.32 Å². The third-order valence-electron chi connectivity index (χ3n) is 2.68. The first-order chi connectivity index (χ1) is 12.9. The van der Waals surface area contributed by atoms with Gasteiger partial charge in [-0.05, 0) is 13.0 Å². The summed E-state index contributed by atoms with van der Waals surface area (Å²) in [6.07, 6.45) is -2.19. The molecule has 0 saturated heterocycles. The molecule has 13 heteroatoms. The SMILES string of the molecule is CCOC(=O)NC(=O)/C(C#N)=N\Nc1cc(F)c(OC(NN)OC)c(Cl)c1. The molecular weight excluding hydrogens is 387 g/mol. The number of nitrogens with two attached hydrogens (primary N) is 1. The lowest BCUT2D eigenvalue weighted by Crippen LogP contribution is -2.41. The second kappa shape index (κ2) is 10.9. The lowest BCUT2D eigenvalue weighted by molar-refractivity contribution is -0.114. The molecule has 0 aliphatic rings. The number of nitrogens with zero attached hydrogens (tertiary/aromatic N) is 2. The van der Waals surface area contributed by atoms with Crippen LogP contribution in [0.15, 0.2) is 17.2 Å². The first-order valence-corrected chi connectivity index (χ1v) is 7.60. The number of hydrazone groups is 1. The Kier molecular flexibility index (Phi) is 8.90. The number of hydrazine groups is 1. The lowest BCUT2D eigenvalue weighted by atomic mass is 10.3. The van der Waals surface area contributed by atoms with Gasteiger partial charge in [0.15, 0.2) is 11.6 Å². The van der Waals surface area contributed by atoms with Crippen LogP contribution in [-0.2, 0) is 14.3 Å². The summed E-state index contributed by atoms with van der Waals surface area (Å²) in [7, 11) is 1.27. The number of nitriles is 1. The van der Waals surface area contributed by atoms with Gasteiger partial charge in [0, 0.05) is 13.2 Å². The Bertz CT molecular complexity index is 742. The van der Waals surface area contributed by atoms with Crippen molar-refractivity contribution in [3.63, 3.8) is 0 Å². The highest BCUT2D eigenvalue weighted by atomic mass is 35.5. The predicted octanol–water partition coefficient (Wildman–Crippen LogP) is 0.815. The predicted molar refractivity (Wildman–Crippen MR) is 92.0 cm³/mol. The van der Waals surface area contributed by atoms with Gasteiger partial charge in [0.05, 0.1) is 17.3 Å². The highest BCUT2D eigenvalue weighted by Gasteiger charge is 2.17. The second-order valence-electron chi connectivity index (χ2n) is 4.48. The van der Waals surface area contributed by atoms with Gasteiger partial charge in [0.25, 0.3) is 12.3 Å². The second-order valence-corrected chi connectivity index (χ2v) is 4.89. The molecule has 0 saturated carbocycles. The highest BCUT2D eigenvalue weighted by molar-refractivity contribution is 6.46. The van der Waals surface area contributed by atoms with Crippen LogP contribution in [0, 0.1) is 17.1 Å². The van der Waals surface area contributed by atoms with E-state index in [0.717, 1.165) is 6.07 Å². The first kappa shape index (κ1) is 22.1. The van der Waals surface area contributed by atoms with Gasteiger partial charge in [-0.2, -0.15) is 15.8 Å². The zero-order valence-corrected chi connectivity index (χ0v) is 15.0. The maximum atomic E-state index is 14.1. The number of rotatable bonds is 8. The molecule has 146 valence electrons. The maximum absolute atomic E-state index is 14.1. The molecule has 0 spiro atoms. The molecule has 1 unspecified atom stereocenters. The van der Waals surface area contributed by atoms with Gasteiger partial charge in [-0.25, -0.2) is 9.18 Å². The number of carbonyl (C=O) groups excluding carboxylic acids is 2. The number of hydrogen-bond acceptors (Lipinski definition) is 10. The van der Waals surface area contributed by atoms with Crippen LogP contribution in [-0.4, -0.2) is 37.8 Å². The summed E-state index contributed by atoms with van der Waals surface area (Å²) in [4.78, 5) is 22.9. The topological polar surface area (TPSA) is 160 Å². The Hall–Kier alpha value is -2.98. The van der Waals surface area contributed by atoms with Gasteiger partial charge < -0.3 is 14.2 Å². The third kappa shape index (κ3) is 6.68. The van der Waals surface area contributed by atoms with Crippen molar-refractivity contribution in [1.82, 2.24) is 10.7 Å². The van der Waals surface area contributed by atoms with E-state index in [1.165, 1.54) is 26.2 Å². The number of hydrogen-bond donors (Lipinski definition) is 4. The van der Waals surface area contributed by atoms with Gasteiger partial charge in [-0.1, -0.05) is 11.6 Å². The van der Waals surface area contributed by atoms with Crippen LogP contribution in [0.2, 0.25) is 5.02 Å². The van der Waals surface area contributed by atoms with Gasteiger partial charge in [0.1, 0.15) is 6.07 Å². The van der Waals surface area contributed by atoms with Crippen LogP contribution in [0.4, 0.5) is 14.9 Å². The number of carbonyl (C=O) groups is 2. The monoisotopic (exact) mass is 402 g/mol. The van der Waals surface area contributed by atoms with E-state index in [2.05, 4.69) is 20.7 Å². The normalized spacial score (nSPS) is 11.9. The van der Waals surface area contributed by atoms with E-state index < -0.39 is 29.9 Å². The van der Waals surface area contributed by atoms with Crippen molar-refractivity contribution in [1.29, 1.82) is 5.26 Å². The average Bonchev–Trinajstić information content (AvgIpc) is 2.62. The molecule has 0 aliphatic heterocycles. The summed E-state index contributed by atoms with van der Waals surface area (Å²) >= 11 is 5.92. The van der Waals surface area contributed by atoms with E-state index >= 15 is 0 Å². The minimum absolute atomic E-state index is 0.00351.